The van der Waals surface area contributed by atoms with Gasteiger partial charge >= 0.3 is 0 Å². The van der Waals surface area contributed by atoms with Crippen molar-refractivity contribution >= 4 is 0 Å². The smallest absolute Gasteiger partial charge is 0.0613 e. The van der Waals surface area contributed by atoms with Crippen molar-refractivity contribution in [2.24, 2.45) is 0 Å². The molecule has 2 N–H and O–H groups in total. The molecule has 16 heavy (non-hydrogen) atoms. The Morgan fingerprint density at radius 2 is 2.31 bits per heavy atom. The molecule has 0 atom stereocenters. The van der Waals surface area contributed by atoms with Crippen LogP contribution in [-0.4, -0.2) is 27.0 Å². The van der Waals surface area contributed by atoms with Gasteiger partial charge in [0.2, 0.25) is 0 Å². The van der Waals surface area contributed by atoms with E-state index in [9.17, 15) is 5.11 Å². The molecule has 4 nitrogen and oxygen atoms in total. The fraction of sp³-hybridized carbons (Fsp3) is 0.750. The highest BCUT2D eigenvalue weighted by Gasteiger charge is 2.35. The van der Waals surface area contributed by atoms with E-state index < -0.39 is 0 Å². The first-order valence-corrected chi connectivity index (χ1v) is 6.04. The second kappa shape index (κ2) is 4.55. The maximum Gasteiger partial charge on any atom is 0.0613 e. The molecule has 0 aliphatic heterocycles. The highest BCUT2D eigenvalue weighted by atomic mass is 16.3. The van der Waals surface area contributed by atoms with E-state index in [4.69, 9.17) is 0 Å². The highest BCUT2D eigenvalue weighted by molar-refractivity contribution is 5.06. The van der Waals surface area contributed by atoms with Crippen LogP contribution in [0.2, 0.25) is 0 Å². The summed E-state index contributed by atoms with van der Waals surface area (Å²) in [4.78, 5) is 0. The number of aliphatic hydroxyl groups is 1. The molecule has 1 aromatic heterocycles. The lowest BCUT2D eigenvalue weighted by atomic mass is 9.77. The lowest BCUT2D eigenvalue weighted by Gasteiger charge is -2.41. The fourth-order valence-electron chi connectivity index (χ4n) is 2.03. The predicted molar refractivity (Wildman–Crippen MR) is 63.1 cm³/mol. The zero-order valence-electron chi connectivity index (χ0n) is 10.1. The van der Waals surface area contributed by atoms with Crippen molar-refractivity contribution in [2.45, 2.75) is 51.2 Å². The summed E-state index contributed by atoms with van der Waals surface area (Å²) in [6, 6.07) is 0.407. The molecule has 1 heterocycles. The summed E-state index contributed by atoms with van der Waals surface area (Å²) >= 11 is 0. The third-order valence-corrected chi connectivity index (χ3v) is 3.46. The summed E-state index contributed by atoms with van der Waals surface area (Å²) in [5, 5.41) is 17.1. The zero-order chi connectivity index (χ0) is 11.6. The molecule has 0 saturated heterocycles. The Morgan fingerprint density at radius 1 is 1.56 bits per heavy atom. The highest BCUT2D eigenvalue weighted by Crippen LogP contribution is 2.31. The first-order valence-electron chi connectivity index (χ1n) is 6.04. The van der Waals surface area contributed by atoms with Crippen LogP contribution in [-0.2, 0) is 6.54 Å². The van der Waals surface area contributed by atoms with E-state index in [-0.39, 0.29) is 12.1 Å². The lowest BCUT2D eigenvalue weighted by Crippen LogP contribution is -2.53. The molecule has 0 radical (unpaired) electrons. The summed E-state index contributed by atoms with van der Waals surface area (Å²) in [6.45, 7) is 5.27. The Bertz CT molecular complexity index is 336. The van der Waals surface area contributed by atoms with Gasteiger partial charge in [-0.2, -0.15) is 5.10 Å². The molecular weight excluding hydrogens is 202 g/mol. The molecule has 2 rings (SSSR count). The number of nitrogens with zero attached hydrogens (tertiary/aromatic N) is 2. The molecule has 0 amide bonds. The van der Waals surface area contributed by atoms with Crippen molar-refractivity contribution in [3.63, 3.8) is 0 Å². The standard InChI is InChI=1S/C12H21N3O/c1-10(2)15-8-11(7-14-15)6-13-12(9-16)4-3-5-12/h7-8,10,13,16H,3-6,9H2,1-2H3. The molecule has 90 valence electrons. The van der Waals surface area contributed by atoms with E-state index in [0.29, 0.717) is 6.04 Å². The normalized spacial score (nSPS) is 18.8. The number of hydrogen-bond donors (Lipinski definition) is 2. The first kappa shape index (κ1) is 11.6. The lowest BCUT2D eigenvalue weighted by molar-refractivity contribution is 0.0872. The summed E-state index contributed by atoms with van der Waals surface area (Å²) in [6.07, 6.45) is 7.36. The maximum atomic E-state index is 9.32. The molecule has 0 bridgehead atoms. The molecule has 0 unspecified atom stereocenters. The molecular formula is C12H21N3O. The Labute approximate surface area is 96.7 Å². The number of nitrogens with one attached hydrogen (secondary N) is 1. The molecule has 1 fully saturated rings. The van der Waals surface area contributed by atoms with Gasteiger partial charge in [-0.15, -0.1) is 0 Å². The predicted octanol–water partition coefficient (Wildman–Crippen LogP) is 1.47. The third-order valence-electron chi connectivity index (χ3n) is 3.46. The molecule has 4 heteroatoms. The zero-order valence-corrected chi connectivity index (χ0v) is 10.1. The largest absolute Gasteiger partial charge is 0.394 e. The minimum absolute atomic E-state index is 0.0140. The topological polar surface area (TPSA) is 50.1 Å². The van der Waals surface area contributed by atoms with Crippen molar-refractivity contribution in [1.29, 1.82) is 0 Å². The number of aliphatic hydroxyl groups excluding tert-OH is 1. The van der Waals surface area contributed by atoms with Crippen LogP contribution in [0.1, 0.15) is 44.7 Å². The molecule has 1 aliphatic carbocycles. The van der Waals surface area contributed by atoms with Crippen LogP contribution >= 0.6 is 0 Å². The van der Waals surface area contributed by atoms with Crippen molar-refractivity contribution in [3.05, 3.63) is 18.0 Å². The number of hydrogen-bond acceptors (Lipinski definition) is 3. The van der Waals surface area contributed by atoms with Crippen LogP contribution in [0.5, 0.6) is 0 Å². The maximum absolute atomic E-state index is 9.32. The van der Waals surface area contributed by atoms with Crippen molar-refractivity contribution in [1.82, 2.24) is 15.1 Å². The van der Waals surface area contributed by atoms with Crippen LogP contribution in [0, 0.1) is 0 Å². The molecule has 1 aromatic rings. The quantitative estimate of drug-likeness (QED) is 0.794. The molecule has 1 aliphatic rings. The third kappa shape index (κ3) is 2.28. The van der Waals surface area contributed by atoms with E-state index in [2.05, 4.69) is 30.5 Å². The molecule has 0 aromatic carbocycles. The summed E-state index contributed by atoms with van der Waals surface area (Å²) < 4.78 is 1.96. The first-order chi connectivity index (χ1) is 7.65. The number of aromatic nitrogens is 2. The minimum Gasteiger partial charge on any atom is -0.394 e. The average molecular weight is 223 g/mol. The second-order valence-electron chi connectivity index (χ2n) is 5.07. The number of rotatable bonds is 5. The van der Waals surface area contributed by atoms with Gasteiger partial charge in [-0.3, -0.25) is 4.68 Å². The van der Waals surface area contributed by atoms with Gasteiger partial charge in [-0.05, 0) is 33.1 Å². The van der Waals surface area contributed by atoms with Gasteiger partial charge in [0.25, 0.3) is 0 Å². The summed E-state index contributed by atoms with van der Waals surface area (Å²) in [5.41, 5.74) is 1.17. The van der Waals surface area contributed by atoms with Gasteiger partial charge in [0.05, 0.1) is 12.8 Å². The van der Waals surface area contributed by atoms with E-state index in [1.807, 2.05) is 10.9 Å². The van der Waals surface area contributed by atoms with Gasteiger partial charge in [0.1, 0.15) is 0 Å². The van der Waals surface area contributed by atoms with E-state index in [0.717, 1.165) is 19.4 Å². The van der Waals surface area contributed by atoms with Crippen LogP contribution in [0.3, 0.4) is 0 Å². The van der Waals surface area contributed by atoms with Gasteiger partial charge in [0.15, 0.2) is 0 Å². The monoisotopic (exact) mass is 223 g/mol. The van der Waals surface area contributed by atoms with Crippen LogP contribution in [0.15, 0.2) is 12.4 Å². The minimum atomic E-state index is -0.0140. The van der Waals surface area contributed by atoms with Crippen molar-refractivity contribution in [2.75, 3.05) is 6.61 Å². The summed E-state index contributed by atoms with van der Waals surface area (Å²) in [5.74, 6) is 0. The average Bonchev–Trinajstić information content (AvgIpc) is 2.65. The van der Waals surface area contributed by atoms with Crippen LogP contribution in [0.25, 0.3) is 0 Å². The van der Waals surface area contributed by atoms with Crippen LogP contribution in [0.4, 0.5) is 0 Å². The summed E-state index contributed by atoms with van der Waals surface area (Å²) in [7, 11) is 0. The van der Waals surface area contributed by atoms with Gasteiger partial charge in [-0.25, -0.2) is 0 Å². The van der Waals surface area contributed by atoms with E-state index in [1.54, 1.807) is 0 Å². The van der Waals surface area contributed by atoms with Crippen LogP contribution < -0.4 is 5.32 Å². The van der Waals surface area contributed by atoms with Crippen molar-refractivity contribution in [3.8, 4) is 0 Å². The van der Waals surface area contributed by atoms with Crippen molar-refractivity contribution < 1.29 is 5.11 Å². The van der Waals surface area contributed by atoms with Gasteiger partial charge in [-0.1, -0.05) is 0 Å². The Hall–Kier alpha value is -0.870. The van der Waals surface area contributed by atoms with Gasteiger partial charge < -0.3 is 10.4 Å². The molecule has 0 spiro atoms. The van der Waals surface area contributed by atoms with Gasteiger partial charge in [0, 0.05) is 29.9 Å². The Kier molecular flexibility index (Phi) is 3.30. The SMILES string of the molecule is CC(C)n1cc(CNC2(CO)CCC2)cn1. The fourth-order valence-corrected chi connectivity index (χ4v) is 2.03. The van der Waals surface area contributed by atoms with E-state index >= 15 is 0 Å². The Morgan fingerprint density at radius 3 is 2.75 bits per heavy atom. The molecule has 1 saturated carbocycles. The second-order valence-corrected chi connectivity index (χ2v) is 5.07. The van der Waals surface area contributed by atoms with E-state index in [1.165, 1.54) is 12.0 Å². The Balaban J connectivity index is 1.89.